The molecule has 2 nitrogen and oxygen atoms in total. The summed E-state index contributed by atoms with van der Waals surface area (Å²) in [4.78, 5) is 5.13. The normalized spacial score (nSPS) is 15.2. The van der Waals surface area contributed by atoms with Crippen LogP contribution in [0.5, 0.6) is 5.75 Å². The number of hydrogen-bond donors (Lipinski definition) is 1. The Morgan fingerprint density at radius 3 is 2.31 bits per heavy atom. The first-order chi connectivity index (χ1) is 19.3. The van der Waals surface area contributed by atoms with E-state index >= 15 is 0 Å². The van der Waals surface area contributed by atoms with Crippen molar-refractivity contribution in [1.29, 1.82) is 0 Å². The van der Waals surface area contributed by atoms with Crippen LogP contribution in [0.15, 0.2) is 115 Å². The highest BCUT2D eigenvalue weighted by atomic mass is 16.3. The molecule has 1 heterocycles. The number of aryl methyl sites for hydroxylation is 1. The highest BCUT2D eigenvalue weighted by Crippen LogP contribution is 2.47. The zero-order valence-electron chi connectivity index (χ0n) is 21.6. The number of pyridine rings is 1. The van der Waals surface area contributed by atoms with Gasteiger partial charge in [-0.15, -0.1) is 0 Å². The lowest BCUT2D eigenvalue weighted by Crippen LogP contribution is -2.12. The molecule has 1 aromatic heterocycles. The van der Waals surface area contributed by atoms with E-state index in [0.29, 0.717) is 5.75 Å². The summed E-state index contributed by atoms with van der Waals surface area (Å²) in [5, 5.41) is 18.5. The second-order valence-electron chi connectivity index (χ2n) is 10.7. The van der Waals surface area contributed by atoms with Gasteiger partial charge < -0.3 is 5.11 Å². The minimum Gasteiger partial charge on any atom is -0.507 e. The van der Waals surface area contributed by atoms with Crippen LogP contribution < -0.4 is 0 Å². The summed E-state index contributed by atoms with van der Waals surface area (Å²) < 4.78 is 0. The Labute approximate surface area is 227 Å². The number of phenols is 1. The van der Waals surface area contributed by atoms with E-state index in [1.165, 1.54) is 38.2 Å². The van der Waals surface area contributed by atoms with Gasteiger partial charge in [0.25, 0.3) is 0 Å². The molecule has 1 N–H and O–H groups in total. The maximum Gasteiger partial charge on any atom is 0.123 e. The Bertz CT molecular complexity index is 2070. The van der Waals surface area contributed by atoms with Crippen LogP contribution in [-0.4, -0.2) is 10.1 Å². The first-order valence-corrected chi connectivity index (χ1v) is 13.8. The first kappa shape index (κ1) is 22.3. The predicted octanol–water partition coefficient (Wildman–Crippen LogP) is 9.54. The number of para-hydroxylation sites is 2. The summed E-state index contributed by atoms with van der Waals surface area (Å²) in [5.74, 6) is 0.542. The Hall–Kier alpha value is -4.69. The molecule has 39 heavy (non-hydrogen) atoms. The summed E-state index contributed by atoms with van der Waals surface area (Å²) in [6.07, 6.45) is 3.35. The quantitative estimate of drug-likeness (QED) is 0.189. The second kappa shape index (κ2) is 8.68. The molecule has 0 aliphatic heterocycles. The number of benzene rings is 6. The molecule has 0 fully saturated rings. The molecule has 1 unspecified atom stereocenters. The molecule has 0 spiro atoms. The molecule has 0 amide bonds. The summed E-state index contributed by atoms with van der Waals surface area (Å²) >= 11 is 0. The molecule has 1 aliphatic rings. The van der Waals surface area contributed by atoms with Crippen LogP contribution in [0.4, 0.5) is 0 Å². The monoisotopic (exact) mass is 501 g/mol. The first-order valence-electron chi connectivity index (χ1n) is 13.8. The topological polar surface area (TPSA) is 33.1 Å². The van der Waals surface area contributed by atoms with E-state index in [-0.39, 0.29) is 5.92 Å². The molecule has 6 aromatic carbocycles. The Balaban J connectivity index is 1.49. The van der Waals surface area contributed by atoms with Crippen molar-refractivity contribution in [1.82, 2.24) is 4.98 Å². The SMILES string of the molecule is Oc1ccccc1-c1c2ccccc2nc2cccc(C3CCCc4ccc5c(ccc6ccccc65)c43)c12. The number of rotatable bonds is 2. The average molecular weight is 502 g/mol. The maximum atomic E-state index is 11.1. The second-order valence-corrected chi connectivity index (χ2v) is 10.7. The van der Waals surface area contributed by atoms with Gasteiger partial charge in [-0.3, -0.25) is 0 Å². The Morgan fingerprint density at radius 2 is 1.38 bits per heavy atom. The van der Waals surface area contributed by atoms with E-state index < -0.39 is 0 Å². The largest absolute Gasteiger partial charge is 0.507 e. The standard InChI is InChI=1S/C37H27NO/c39-34-18-6-4-13-31(34)36-30-12-3-5-16-32(30)38-33-17-8-15-28(37(33)36)27-14-7-10-24-20-21-26-25-11-2-1-9-23(25)19-22-29(26)35(24)27/h1-6,8-9,11-13,15-22,27,39H,7,10,14H2. The van der Waals surface area contributed by atoms with Gasteiger partial charge in [-0.05, 0) is 75.7 Å². The molecule has 1 aliphatic carbocycles. The van der Waals surface area contributed by atoms with E-state index in [1.807, 2.05) is 24.3 Å². The molecule has 7 aromatic rings. The molecular formula is C37H27NO. The summed E-state index contributed by atoms with van der Waals surface area (Å²) in [6.45, 7) is 0. The van der Waals surface area contributed by atoms with Crippen molar-refractivity contribution < 1.29 is 5.11 Å². The third-order valence-corrected chi connectivity index (χ3v) is 8.63. The van der Waals surface area contributed by atoms with E-state index in [0.717, 1.165) is 52.2 Å². The van der Waals surface area contributed by atoms with Crippen molar-refractivity contribution in [2.45, 2.75) is 25.2 Å². The highest BCUT2D eigenvalue weighted by molar-refractivity contribution is 6.13. The smallest absolute Gasteiger partial charge is 0.123 e. The number of fused-ring (bicyclic) bond motifs is 7. The number of aromatic nitrogens is 1. The van der Waals surface area contributed by atoms with Crippen LogP contribution in [0.1, 0.15) is 35.4 Å². The molecule has 0 radical (unpaired) electrons. The lowest BCUT2D eigenvalue weighted by Gasteiger charge is -2.29. The van der Waals surface area contributed by atoms with Crippen LogP contribution in [-0.2, 0) is 6.42 Å². The van der Waals surface area contributed by atoms with Gasteiger partial charge in [0.2, 0.25) is 0 Å². The fourth-order valence-electron chi connectivity index (χ4n) is 6.96. The van der Waals surface area contributed by atoms with E-state index in [9.17, 15) is 5.11 Å². The van der Waals surface area contributed by atoms with E-state index in [1.54, 1.807) is 6.07 Å². The molecule has 2 heteroatoms. The summed E-state index contributed by atoms with van der Waals surface area (Å²) in [5.41, 5.74) is 8.04. The molecule has 186 valence electrons. The van der Waals surface area contributed by atoms with Gasteiger partial charge in [0.15, 0.2) is 0 Å². The minimum atomic E-state index is 0.245. The highest BCUT2D eigenvalue weighted by Gasteiger charge is 2.28. The summed E-state index contributed by atoms with van der Waals surface area (Å²) in [7, 11) is 0. The number of aromatic hydroxyl groups is 1. The van der Waals surface area contributed by atoms with Crippen LogP contribution in [0.2, 0.25) is 0 Å². The van der Waals surface area contributed by atoms with E-state index in [2.05, 4.69) is 84.9 Å². The van der Waals surface area contributed by atoms with Gasteiger partial charge in [0, 0.05) is 27.8 Å². The van der Waals surface area contributed by atoms with E-state index in [4.69, 9.17) is 4.98 Å². The van der Waals surface area contributed by atoms with Crippen LogP contribution in [0.25, 0.3) is 54.5 Å². The van der Waals surface area contributed by atoms with Gasteiger partial charge in [0.05, 0.1) is 11.0 Å². The molecular weight excluding hydrogens is 474 g/mol. The number of nitrogens with zero attached hydrogens (tertiary/aromatic N) is 1. The van der Waals surface area contributed by atoms with Crippen LogP contribution in [0, 0.1) is 0 Å². The zero-order chi connectivity index (χ0) is 25.9. The van der Waals surface area contributed by atoms with Crippen molar-refractivity contribution in [2.24, 2.45) is 0 Å². The molecule has 1 atom stereocenters. The fourth-order valence-corrected chi connectivity index (χ4v) is 6.96. The van der Waals surface area contributed by atoms with Crippen LogP contribution in [0.3, 0.4) is 0 Å². The molecule has 8 rings (SSSR count). The zero-order valence-corrected chi connectivity index (χ0v) is 21.6. The average Bonchev–Trinajstić information content (AvgIpc) is 2.99. The molecule has 0 bridgehead atoms. The summed E-state index contributed by atoms with van der Waals surface area (Å²) in [6, 6.07) is 40.6. The van der Waals surface area contributed by atoms with Crippen molar-refractivity contribution in [2.75, 3.05) is 0 Å². The van der Waals surface area contributed by atoms with Gasteiger partial charge in [-0.2, -0.15) is 0 Å². The molecule has 0 saturated carbocycles. The fraction of sp³-hybridized carbons (Fsp3) is 0.108. The lowest BCUT2D eigenvalue weighted by atomic mass is 9.74. The molecule has 0 saturated heterocycles. The van der Waals surface area contributed by atoms with Gasteiger partial charge in [0.1, 0.15) is 5.75 Å². The van der Waals surface area contributed by atoms with Gasteiger partial charge >= 0.3 is 0 Å². The number of phenolic OH excluding ortho intramolecular Hbond substituents is 1. The minimum absolute atomic E-state index is 0.245. The van der Waals surface area contributed by atoms with Crippen molar-refractivity contribution in [3.63, 3.8) is 0 Å². The predicted molar refractivity (Wildman–Crippen MR) is 163 cm³/mol. The third-order valence-electron chi connectivity index (χ3n) is 8.63. The number of hydrogen-bond acceptors (Lipinski definition) is 2. The van der Waals surface area contributed by atoms with Crippen molar-refractivity contribution in [3.05, 3.63) is 132 Å². The lowest BCUT2D eigenvalue weighted by molar-refractivity contribution is 0.477. The Morgan fingerprint density at radius 1 is 0.615 bits per heavy atom. The van der Waals surface area contributed by atoms with Crippen LogP contribution >= 0.6 is 0 Å². The third kappa shape index (κ3) is 3.38. The Kier molecular flexibility index (Phi) is 4.96. The van der Waals surface area contributed by atoms with Crippen molar-refractivity contribution >= 4 is 43.4 Å². The maximum absolute atomic E-state index is 11.1. The van der Waals surface area contributed by atoms with Gasteiger partial charge in [-0.25, -0.2) is 4.98 Å². The van der Waals surface area contributed by atoms with Crippen molar-refractivity contribution in [3.8, 4) is 16.9 Å². The van der Waals surface area contributed by atoms with Gasteiger partial charge in [-0.1, -0.05) is 97.1 Å².